The molecule has 21 heavy (non-hydrogen) atoms. The van der Waals surface area contributed by atoms with Crippen LogP contribution >= 0.6 is 15.9 Å². The molecule has 0 aromatic heterocycles. The summed E-state index contributed by atoms with van der Waals surface area (Å²) >= 11 is 3.44. The molecule has 108 valence electrons. The van der Waals surface area contributed by atoms with Gasteiger partial charge in [-0.25, -0.2) is 4.79 Å². The Morgan fingerprint density at radius 1 is 1.24 bits per heavy atom. The highest BCUT2D eigenvalue weighted by atomic mass is 79.9. The monoisotopic (exact) mass is 350 g/mol. The molecule has 0 aliphatic carbocycles. The maximum absolute atomic E-state index is 11.1. The molecule has 0 radical (unpaired) electrons. The van der Waals surface area contributed by atoms with Crippen molar-refractivity contribution in [3.63, 3.8) is 0 Å². The van der Waals surface area contributed by atoms with E-state index in [0.29, 0.717) is 17.2 Å². The maximum atomic E-state index is 11.1. The van der Waals surface area contributed by atoms with Gasteiger partial charge in [0.15, 0.2) is 11.5 Å². The minimum atomic E-state index is -1.02. The molecule has 0 saturated carbocycles. The van der Waals surface area contributed by atoms with Crippen LogP contribution in [0.5, 0.6) is 17.2 Å². The van der Waals surface area contributed by atoms with E-state index >= 15 is 0 Å². The van der Waals surface area contributed by atoms with Crippen molar-refractivity contribution in [3.8, 4) is 17.2 Å². The maximum Gasteiger partial charge on any atom is 0.339 e. The van der Waals surface area contributed by atoms with E-state index in [-0.39, 0.29) is 19.0 Å². The fourth-order valence-electron chi connectivity index (χ4n) is 1.99. The molecule has 2 aromatic rings. The summed E-state index contributed by atoms with van der Waals surface area (Å²) in [6.45, 7) is 0.426. The van der Waals surface area contributed by atoms with Gasteiger partial charge in [0.05, 0.1) is 0 Å². The van der Waals surface area contributed by atoms with E-state index in [1.807, 2.05) is 12.1 Å². The lowest BCUT2D eigenvalue weighted by atomic mass is 10.2. The van der Waals surface area contributed by atoms with Gasteiger partial charge in [-0.05, 0) is 24.3 Å². The lowest BCUT2D eigenvalue weighted by Crippen LogP contribution is -2.03. The number of fused-ring (bicyclic) bond motifs is 1. The number of ether oxygens (including phenoxy) is 3. The second-order valence-corrected chi connectivity index (χ2v) is 5.24. The van der Waals surface area contributed by atoms with Gasteiger partial charge in [0.2, 0.25) is 6.79 Å². The Labute approximate surface area is 129 Å². The van der Waals surface area contributed by atoms with Gasteiger partial charge in [-0.15, -0.1) is 0 Å². The van der Waals surface area contributed by atoms with Crippen LogP contribution in [0.1, 0.15) is 15.9 Å². The van der Waals surface area contributed by atoms with Crippen molar-refractivity contribution in [2.45, 2.75) is 6.61 Å². The molecule has 1 aliphatic rings. The Hall–Kier alpha value is -2.21. The van der Waals surface area contributed by atoms with E-state index in [1.54, 1.807) is 18.2 Å². The average molecular weight is 351 g/mol. The number of hydrogen-bond acceptors (Lipinski definition) is 4. The average Bonchev–Trinajstić information content (AvgIpc) is 2.92. The van der Waals surface area contributed by atoms with Crippen molar-refractivity contribution < 1.29 is 24.1 Å². The van der Waals surface area contributed by atoms with Crippen molar-refractivity contribution in [3.05, 3.63) is 52.0 Å². The lowest BCUT2D eigenvalue weighted by Gasteiger charge is -2.11. The number of aromatic carboxylic acids is 1. The second-order valence-electron chi connectivity index (χ2n) is 4.39. The van der Waals surface area contributed by atoms with Crippen LogP contribution in [0, 0.1) is 0 Å². The van der Waals surface area contributed by atoms with E-state index in [4.69, 9.17) is 19.3 Å². The fraction of sp³-hybridized carbons (Fsp3) is 0.133. The third kappa shape index (κ3) is 2.80. The summed E-state index contributed by atoms with van der Waals surface area (Å²) in [7, 11) is 0. The molecule has 0 unspecified atom stereocenters. The molecule has 6 heteroatoms. The number of carboxylic acid groups (broad SMARTS) is 1. The summed E-state index contributed by atoms with van der Waals surface area (Å²) in [5.74, 6) is 0.643. The summed E-state index contributed by atoms with van der Waals surface area (Å²) in [5.41, 5.74) is 0.980. The Morgan fingerprint density at radius 3 is 2.71 bits per heavy atom. The number of carboxylic acids is 1. The first kappa shape index (κ1) is 13.8. The summed E-state index contributed by atoms with van der Waals surface area (Å²) in [4.78, 5) is 11.1. The zero-order valence-electron chi connectivity index (χ0n) is 10.8. The molecule has 1 N–H and O–H groups in total. The van der Waals surface area contributed by atoms with Gasteiger partial charge in [-0.3, -0.25) is 0 Å². The molecule has 0 bridgehead atoms. The predicted molar refractivity (Wildman–Crippen MR) is 78.0 cm³/mol. The molecule has 1 heterocycles. The van der Waals surface area contributed by atoms with Gasteiger partial charge < -0.3 is 19.3 Å². The molecular formula is C15H11BrO5. The molecule has 0 atom stereocenters. The third-order valence-electron chi connectivity index (χ3n) is 3.04. The van der Waals surface area contributed by atoms with Crippen LogP contribution in [0.2, 0.25) is 0 Å². The smallest absolute Gasteiger partial charge is 0.339 e. The van der Waals surface area contributed by atoms with Crippen molar-refractivity contribution in [2.75, 3.05) is 6.79 Å². The number of carbonyl (C=O) groups is 1. The summed E-state index contributed by atoms with van der Waals surface area (Å²) in [5, 5.41) is 9.12. The SMILES string of the molecule is O=C(O)c1ccccc1OCc1cc2c(cc1Br)OCO2. The minimum absolute atomic E-state index is 0.134. The van der Waals surface area contributed by atoms with E-state index in [1.165, 1.54) is 6.07 Å². The fourth-order valence-corrected chi connectivity index (χ4v) is 2.43. The van der Waals surface area contributed by atoms with Gasteiger partial charge in [-0.1, -0.05) is 28.1 Å². The van der Waals surface area contributed by atoms with Crippen molar-refractivity contribution >= 4 is 21.9 Å². The Bertz CT molecular complexity index is 698. The van der Waals surface area contributed by atoms with E-state index in [2.05, 4.69) is 15.9 Å². The van der Waals surface area contributed by atoms with Crippen molar-refractivity contribution in [1.29, 1.82) is 0 Å². The molecule has 2 aromatic carbocycles. The predicted octanol–water partition coefficient (Wildman–Crippen LogP) is 3.46. The van der Waals surface area contributed by atoms with Crippen LogP contribution in [0.25, 0.3) is 0 Å². The van der Waals surface area contributed by atoms with Crippen LogP contribution in [0.15, 0.2) is 40.9 Å². The highest BCUT2D eigenvalue weighted by Gasteiger charge is 2.17. The van der Waals surface area contributed by atoms with Crippen LogP contribution < -0.4 is 14.2 Å². The van der Waals surface area contributed by atoms with Crippen molar-refractivity contribution in [1.82, 2.24) is 0 Å². The van der Waals surface area contributed by atoms with Crippen molar-refractivity contribution in [2.24, 2.45) is 0 Å². The first-order valence-electron chi connectivity index (χ1n) is 6.18. The first-order chi connectivity index (χ1) is 10.1. The molecule has 3 rings (SSSR count). The van der Waals surface area contributed by atoms with E-state index < -0.39 is 5.97 Å². The molecule has 0 fully saturated rings. The summed E-state index contributed by atoms with van der Waals surface area (Å²) < 4.78 is 17.0. The van der Waals surface area contributed by atoms with Gasteiger partial charge in [-0.2, -0.15) is 0 Å². The zero-order chi connectivity index (χ0) is 14.8. The Balaban J connectivity index is 1.81. The lowest BCUT2D eigenvalue weighted by molar-refractivity contribution is 0.0691. The largest absolute Gasteiger partial charge is 0.488 e. The number of rotatable bonds is 4. The van der Waals surface area contributed by atoms with Gasteiger partial charge in [0, 0.05) is 10.0 Å². The van der Waals surface area contributed by atoms with Gasteiger partial charge in [0.1, 0.15) is 17.9 Å². The zero-order valence-corrected chi connectivity index (χ0v) is 12.4. The minimum Gasteiger partial charge on any atom is -0.488 e. The summed E-state index contributed by atoms with van der Waals surface area (Å²) in [6.07, 6.45) is 0. The molecule has 1 aliphatic heterocycles. The quantitative estimate of drug-likeness (QED) is 0.914. The molecule has 0 saturated heterocycles. The molecule has 0 spiro atoms. The second kappa shape index (κ2) is 5.65. The standard InChI is InChI=1S/C15H11BrO5/c16-11-6-14-13(20-8-21-14)5-9(11)7-19-12-4-2-1-3-10(12)15(17)18/h1-6H,7-8H2,(H,17,18). The van der Waals surface area contributed by atoms with Crippen LogP contribution in [-0.4, -0.2) is 17.9 Å². The van der Waals surface area contributed by atoms with Crippen LogP contribution in [0.3, 0.4) is 0 Å². The molecule has 0 amide bonds. The first-order valence-corrected chi connectivity index (χ1v) is 6.97. The van der Waals surface area contributed by atoms with E-state index in [9.17, 15) is 4.79 Å². The highest BCUT2D eigenvalue weighted by molar-refractivity contribution is 9.10. The highest BCUT2D eigenvalue weighted by Crippen LogP contribution is 2.37. The topological polar surface area (TPSA) is 65.0 Å². The van der Waals surface area contributed by atoms with E-state index in [0.717, 1.165) is 10.0 Å². The number of benzene rings is 2. The Kier molecular flexibility index (Phi) is 3.70. The molecular weight excluding hydrogens is 340 g/mol. The number of para-hydroxylation sites is 1. The number of hydrogen-bond donors (Lipinski definition) is 1. The van der Waals surface area contributed by atoms with Crippen LogP contribution in [0.4, 0.5) is 0 Å². The molecule has 5 nitrogen and oxygen atoms in total. The number of halogens is 1. The summed E-state index contributed by atoms with van der Waals surface area (Å²) in [6, 6.07) is 10.2. The van der Waals surface area contributed by atoms with Gasteiger partial charge in [0.25, 0.3) is 0 Å². The third-order valence-corrected chi connectivity index (χ3v) is 3.78. The normalized spacial score (nSPS) is 12.2. The van der Waals surface area contributed by atoms with Gasteiger partial charge >= 0.3 is 5.97 Å². The Morgan fingerprint density at radius 2 is 1.95 bits per heavy atom. The van der Waals surface area contributed by atoms with Crippen LogP contribution in [-0.2, 0) is 6.61 Å².